The molecule has 3 rings (SSSR count). The van der Waals surface area contributed by atoms with Crippen molar-refractivity contribution in [3.05, 3.63) is 59.8 Å². The van der Waals surface area contributed by atoms with Gasteiger partial charge in [0.1, 0.15) is 0 Å². The third-order valence-corrected chi connectivity index (χ3v) is 3.15. The summed E-state index contributed by atoms with van der Waals surface area (Å²) in [6, 6.07) is 13.1. The number of rotatable bonds is 3. The minimum Gasteiger partial charge on any atom is -0.478 e. The van der Waals surface area contributed by atoms with Crippen molar-refractivity contribution in [2.24, 2.45) is 0 Å². The summed E-state index contributed by atoms with van der Waals surface area (Å²) < 4.78 is 1.35. The molecule has 0 fully saturated rings. The molecule has 1 heterocycles. The second kappa shape index (κ2) is 4.75. The van der Waals surface area contributed by atoms with Crippen LogP contribution in [0.25, 0.3) is 16.6 Å². The van der Waals surface area contributed by atoms with Crippen LogP contribution in [0.3, 0.4) is 0 Å². The Balaban J connectivity index is 2.37. The Bertz CT molecular complexity index is 867. The van der Waals surface area contributed by atoms with Crippen LogP contribution in [0, 0.1) is 0 Å². The minimum absolute atomic E-state index is 0.0580. The van der Waals surface area contributed by atoms with E-state index in [1.54, 1.807) is 42.5 Å². The zero-order chi connectivity index (χ0) is 15.0. The normalized spacial score (nSPS) is 10.7. The Kier molecular flexibility index (Phi) is 2.91. The Morgan fingerprint density at radius 2 is 1.57 bits per heavy atom. The number of aromatic carboxylic acids is 2. The largest absolute Gasteiger partial charge is 0.478 e. The van der Waals surface area contributed by atoms with Gasteiger partial charge in [-0.3, -0.25) is 0 Å². The topological polar surface area (TPSA) is 92.4 Å². The molecule has 1 aromatic heterocycles. The molecule has 0 aliphatic heterocycles. The van der Waals surface area contributed by atoms with Crippen LogP contribution >= 0.6 is 0 Å². The summed E-state index contributed by atoms with van der Waals surface area (Å²) in [6.45, 7) is 0. The lowest BCUT2D eigenvalue weighted by molar-refractivity contribution is 0.0685. The van der Waals surface area contributed by atoms with E-state index in [0.717, 1.165) is 0 Å². The number of para-hydroxylation sites is 2. The van der Waals surface area contributed by atoms with Crippen molar-refractivity contribution in [2.75, 3.05) is 0 Å². The Morgan fingerprint density at radius 3 is 2.29 bits per heavy atom. The van der Waals surface area contributed by atoms with Crippen molar-refractivity contribution in [3.8, 4) is 5.69 Å². The van der Waals surface area contributed by atoms with E-state index in [0.29, 0.717) is 16.6 Å². The number of nitrogens with zero attached hydrogens (tertiary/aromatic N) is 2. The highest BCUT2D eigenvalue weighted by molar-refractivity contribution is 6.02. The zero-order valence-corrected chi connectivity index (χ0v) is 10.7. The number of carbonyl (C=O) groups is 2. The molecule has 0 amide bonds. The molecule has 0 saturated heterocycles. The van der Waals surface area contributed by atoms with Crippen LogP contribution in [-0.4, -0.2) is 31.9 Å². The van der Waals surface area contributed by atoms with Gasteiger partial charge in [-0.25, -0.2) is 14.3 Å². The molecule has 0 radical (unpaired) electrons. The average molecular weight is 282 g/mol. The maximum atomic E-state index is 11.3. The van der Waals surface area contributed by atoms with Crippen LogP contribution in [0.1, 0.15) is 20.8 Å². The van der Waals surface area contributed by atoms with Crippen molar-refractivity contribution < 1.29 is 19.8 Å². The van der Waals surface area contributed by atoms with E-state index < -0.39 is 11.9 Å². The summed E-state index contributed by atoms with van der Waals surface area (Å²) in [7, 11) is 0. The molecule has 0 bridgehead atoms. The van der Waals surface area contributed by atoms with Gasteiger partial charge < -0.3 is 10.2 Å². The number of hydrogen-bond acceptors (Lipinski definition) is 3. The highest BCUT2D eigenvalue weighted by Gasteiger charge is 2.19. The Hall–Kier alpha value is -3.15. The lowest BCUT2D eigenvalue weighted by Crippen LogP contribution is -2.07. The summed E-state index contributed by atoms with van der Waals surface area (Å²) in [4.78, 5) is 22.6. The van der Waals surface area contributed by atoms with E-state index in [9.17, 15) is 19.8 Å². The highest BCUT2D eigenvalue weighted by Crippen LogP contribution is 2.24. The van der Waals surface area contributed by atoms with Gasteiger partial charge in [0.25, 0.3) is 0 Å². The quantitative estimate of drug-likeness (QED) is 0.769. The number of fused-ring (bicyclic) bond motifs is 1. The van der Waals surface area contributed by atoms with Crippen molar-refractivity contribution in [1.82, 2.24) is 9.78 Å². The molecule has 0 aliphatic rings. The molecule has 0 aliphatic carbocycles. The van der Waals surface area contributed by atoms with Gasteiger partial charge in [0.15, 0.2) is 5.69 Å². The maximum Gasteiger partial charge on any atom is 0.357 e. The van der Waals surface area contributed by atoms with Gasteiger partial charge in [-0.1, -0.05) is 30.3 Å². The molecule has 2 aromatic carbocycles. The van der Waals surface area contributed by atoms with Crippen LogP contribution < -0.4 is 0 Å². The first-order valence-electron chi connectivity index (χ1n) is 6.13. The van der Waals surface area contributed by atoms with Gasteiger partial charge in [0, 0.05) is 5.39 Å². The van der Waals surface area contributed by atoms with E-state index in [1.807, 2.05) is 0 Å². The second-order valence-corrected chi connectivity index (χ2v) is 4.41. The lowest BCUT2D eigenvalue weighted by atomic mass is 10.1. The fourth-order valence-electron chi connectivity index (χ4n) is 2.25. The fraction of sp³-hybridized carbons (Fsp3) is 0. The van der Waals surface area contributed by atoms with E-state index in [-0.39, 0.29) is 11.3 Å². The molecule has 0 spiro atoms. The zero-order valence-electron chi connectivity index (χ0n) is 10.7. The monoisotopic (exact) mass is 282 g/mol. The molecule has 3 aromatic rings. The summed E-state index contributed by atoms with van der Waals surface area (Å²) in [5.74, 6) is -2.25. The first-order valence-corrected chi connectivity index (χ1v) is 6.13. The van der Waals surface area contributed by atoms with Crippen molar-refractivity contribution in [2.45, 2.75) is 0 Å². The third-order valence-electron chi connectivity index (χ3n) is 3.15. The smallest absolute Gasteiger partial charge is 0.357 e. The van der Waals surface area contributed by atoms with Crippen LogP contribution in [-0.2, 0) is 0 Å². The van der Waals surface area contributed by atoms with Crippen LogP contribution in [0.5, 0.6) is 0 Å². The Labute approximate surface area is 118 Å². The summed E-state index contributed by atoms with van der Waals surface area (Å²) in [6.07, 6.45) is 0. The fourth-order valence-corrected chi connectivity index (χ4v) is 2.25. The standard InChI is InChI=1S/C15H10N2O4/c18-14(19)10-6-2-4-8-12(10)17-11-7-3-1-5-9(11)13(16-17)15(20)21/h1-8H,(H,18,19)(H,20,21). The number of carboxylic acid groups (broad SMARTS) is 2. The van der Waals surface area contributed by atoms with Gasteiger partial charge >= 0.3 is 11.9 Å². The number of hydrogen-bond donors (Lipinski definition) is 2. The molecule has 6 heteroatoms. The number of carboxylic acids is 2. The van der Waals surface area contributed by atoms with Gasteiger partial charge in [-0.2, -0.15) is 5.10 Å². The first-order chi connectivity index (χ1) is 10.1. The molecule has 2 N–H and O–H groups in total. The minimum atomic E-state index is -1.15. The van der Waals surface area contributed by atoms with Crippen LogP contribution in [0.4, 0.5) is 0 Å². The van der Waals surface area contributed by atoms with Crippen molar-refractivity contribution >= 4 is 22.8 Å². The van der Waals surface area contributed by atoms with Gasteiger partial charge in [-0.15, -0.1) is 0 Å². The predicted molar refractivity (Wildman–Crippen MR) is 75.0 cm³/mol. The molecule has 6 nitrogen and oxygen atoms in total. The molecule has 0 unspecified atom stereocenters. The summed E-state index contributed by atoms with van der Waals surface area (Å²) in [5.41, 5.74) is 0.825. The van der Waals surface area contributed by atoms with Crippen LogP contribution in [0.2, 0.25) is 0 Å². The van der Waals surface area contributed by atoms with E-state index >= 15 is 0 Å². The Morgan fingerprint density at radius 1 is 0.905 bits per heavy atom. The third kappa shape index (κ3) is 2.02. The SMILES string of the molecule is O=C(O)c1ccccc1-n1nc(C(=O)O)c2ccccc21. The van der Waals surface area contributed by atoms with E-state index in [4.69, 9.17) is 0 Å². The number of aromatic nitrogens is 2. The molecular formula is C15H10N2O4. The van der Waals surface area contributed by atoms with Gasteiger partial charge in [0.2, 0.25) is 0 Å². The van der Waals surface area contributed by atoms with E-state index in [1.165, 1.54) is 10.7 Å². The van der Waals surface area contributed by atoms with Crippen molar-refractivity contribution in [1.29, 1.82) is 0 Å². The van der Waals surface area contributed by atoms with E-state index in [2.05, 4.69) is 5.10 Å². The lowest BCUT2D eigenvalue weighted by Gasteiger charge is -2.06. The van der Waals surface area contributed by atoms with Gasteiger partial charge in [0.05, 0.1) is 16.8 Å². The average Bonchev–Trinajstić information content (AvgIpc) is 2.87. The van der Waals surface area contributed by atoms with Gasteiger partial charge in [-0.05, 0) is 18.2 Å². The first kappa shape index (κ1) is 12.9. The molecule has 0 atom stereocenters. The molecular weight excluding hydrogens is 272 g/mol. The highest BCUT2D eigenvalue weighted by atomic mass is 16.4. The number of benzene rings is 2. The summed E-state index contributed by atoms with van der Waals surface area (Å²) >= 11 is 0. The second-order valence-electron chi connectivity index (χ2n) is 4.41. The predicted octanol–water partition coefficient (Wildman–Crippen LogP) is 2.42. The summed E-state index contributed by atoms with van der Waals surface area (Å²) in [5, 5.41) is 23.0. The molecule has 104 valence electrons. The van der Waals surface area contributed by atoms with Crippen molar-refractivity contribution in [3.63, 3.8) is 0 Å². The van der Waals surface area contributed by atoms with Crippen LogP contribution in [0.15, 0.2) is 48.5 Å². The molecule has 0 saturated carbocycles. The molecule has 21 heavy (non-hydrogen) atoms. The maximum absolute atomic E-state index is 11.3.